The van der Waals surface area contributed by atoms with Crippen LogP contribution in [0.1, 0.15) is 6.42 Å². The lowest BCUT2D eigenvalue weighted by molar-refractivity contribution is -0.940. The first kappa shape index (κ1) is 12.4. The van der Waals surface area contributed by atoms with Crippen LogP contribution in [0.25, 0.3) is 0 Å². The van der Waals surface area contributed by atoms with Crippen molar-refractivity contribution in [1.82, 2.24) is 4.90 Å². The minimum atomic E-state index is 0. The third-order valence-corrected chi connectivity index (χ3v) is 4.20. The summed E-state index contributed by atoms with van der Waals surface area (Å²) < 4.78 is 2.78. The third-order valence-electron chi connectivity index (χ3n) is 3.44. The van der Waals surface area contributed by atoms with Gasteiger partial charge in [0.2, 0.25) is 0 Å². The highest BCUT2D eigenvalue weighted by molar-refractivity contribution is 14.1. The Bertz CT molecular complexity index is 142. The van der Waals surface area contributed by atoms with Crippen LogP contribution in [-0.2, 0) is 0 Å². The van der Waals surface area contributed by atoms with E-state index in [1.54, 1.807) is 0 Å². The van der Waals surface area contributed by atoms with Crippen molar-refractivity contribution in [1.29, 1.82) is 0 Å². The van der Waals surface area contributed by atoms with Crippen molar-refractivity contribution < 1.29 is 28.5 Å². The number of fused-ring (bicyclic) bond motifs is 3. The van der Waals surface area contributed by atoms with Gasteiger partial charge in [-0.05, 0) is 0 Å². The first-order valence-corrected chi connectivity index (χ1v) is 6.51. The first-order chi connectivity index (χ1) is 5.85. The molecule has 3 aliphatic heterocycles. The van der Waals surface area contributed by atoms with Crippen LogP contribution in [0.2, 0.25) is 0 Å². The summed E-state index contributed by atoms with van der Waals surface area (Å²) in [5.41, 5.74) is 0. The van der Waals surface area contributed by atoms with Gasteiger partial charge in [-0.2, -0.15) is 0 Å². The molecule has 0 aromatic carbocycles. The molecule has 3 rings (SSSR count). The Morgan fingerprint density at radius 2 is 1.62 bits per heavy atom. The van der Waals surface area contributed by atoms with E-state index in [1.807, 2.05) is 0 Å². The van der Waals surface area contributed by atoms with Crippen molar-refractivity contribution in [3.05, 3.63) is 0 Å². The summed E-state index contributed by atoms with van der Waals surface area (Å²) in [6.07, 6.45) is 1.42. The van der Waals surface area contributed by atoms with Crippen LogP contribution in [0.15, 0.2) is 0 Å². The van der Waals surface area contributed by atoms with E-state index in [0.717, 1.165) is 0 Å². The van der Waals surface area contributed by atoms with E-state index in [2.05, 4.69) is 27.5 Å². The molecule has 0 amide bonds. The number of halogens is 2. The molecule has 0 aromatic heterocycles. The summed E-state index contributed by atoms with van der Waals surface area (Å²) in [4.78, 5) is 2.62. The maximum atomic E-state index is 2.62. The fraction of sp³-hybridized carbons (Fsp3) is 1.00. The number of nitrogens with zero attached hydrogens (tertiary/aromatic N) is 2. The Labute approximate surface area is 112 Å². The molecule has 78 valence electrons. The molecule has 0 aliphatic carbocycles. The molecule has 0 N–H and O–H groups in total. The van der Waals surface area contributed by atoms with E-state index in [4.69, 9.17) is 0 Å². The minimum Gasteiger partial charge on any atom is -1.00 e. The van der Waals surface area contributed by atoms with E-state index in [-0.39, 0.29) is 24.0 Å². The van der Waals surface area contributed by atoms with Crippen molar-refractivity contribution >= 4 is 22.6 Å². The second-order valence-electron chi connectivity index (χ2n) is 4.12. The standard InChI is InChI=1S/C9H18IN2.HI/c10-2-1-6-12-7-3-11(4-8-12)5-9-12;/h1-9H2;1H/q+1;/p-1. The lowest BCUT2D eigenvalue weighted by atomic mass is 10.1. The van der Waals surface area contributed by atoms with Crippen molar-refractivity contribution in [3.8, 4) is 0 Å². The van der Waals surface area contributed by atoms with Gasteiger partial charge in [0.25, 0.3) is 0 Å². The van der Waals surface area contributed by atoms with Gasteiger partial charge in [0.05, 0.1) is 26.2 Å². The summed E-state index contributed by atoms with van der Waals surface area (Å²) in [6, 6.07) is 0. The Kier molecular flexibility index (Phi) is 5.23. The molecule has 2 nitrogen and oxygen atoms in total. The lowest BCUT2D eigenvalue weighted by Gasteiger charge is -2.50. The largest absolute Gasteiger partial charge is 1.00 e. The van der Waals surface area contributed by atoms with Crippen molar-refractivity contribution in [2.45, 2.75) is 6.42 Å². The van der Waals surface area contributed by atoms with E-state index in [9.17, 15) is 0 Å². The quantitative estimate of drug-likeness (QED) is 0.296. The number of hydrogen-bond donors (Lipinski definition) is 0. The molecule has 0 spiro atoms. The molecule has 3 heterocycles. The van der Waals surface area contributed by atoms with E-state index >= 15 is 0 Å². The third kappa shape index (κ3) is 2.92. The second kappa shape index (κ2) is 5.46. The Balaban J connectivity index is 0.000000845. The van der Waals surface area contributed by atoms with Gasteiger partial charge in [0, 0.05) is 30.5 Å². The van der Waals surface area contributed by atoms with Gasteiger partial charge < -0.3 is 28.5 Å². The molecule has 0 aromatic rings. The molecule has 2 bridgehead atoms. The number of piperazine rings is 3. The molecule has 0 unspecified atom stereocenters. The van der Waals surface area contributed by atoms with Crippen LogP contribution >= 0.6 is 22.6 Å². The highest BCUT2D eigenvalue weighted by Crippen LogP contribution is 2.19. The van der Waals surface area contributed by atoms with E-state index in [0.29, 0.717) is 0 Å². The average Bonchev–Trinajstić information content (AvgIpc) is 2.18. The van der Waals surface area contributed by atoms with E-state index < -0.39 is 0 Å². The van der Waals surface area contributed by atoms with Gasteiger partial charge in [0.15, 0.2) is 0 Å². The number of quaternary nitrogens is 1. The van der Waals surface area contributed by atoms with Gasteiger partial charge in [0.1, 0.15) is 0 Å². The van der Waals surface area contributed by atoms with Crippen LogP contribution in [0.5, 0.6) is 0 Å². The normalized spacial score (nSPS) is 37.2. The minimum absolute atomic E-state index is 0. The Morgan fingerprint density at radius 3 is 2.08 bits per heavy atom. The fourth-order valence-corrected chi connectivity index (χ4v) is 2.80. The molecular formula is C9H18I2N2. The number of rotatable bonds is 3. The fourth-order valence-electron chi connectivity index (χ4n) is 2.46. The van der Waals surface area contributed by atoms with Gasteiger partial charge in [-0.1, -0.05) is 22.6 Å². The molecule has 0 saturated carbocycles. The molecule has 4 heteroatoms. The summed E-state index contributed by atoms with van der Waals surface area (Å²) in [7, 11) is 0. The Hall–Kier alpha value is 1.38. The molecule has 3 fully saturated rings. The lowest BCUT2D eigenvalue weighted by Crippen LogP contribution is -3.00. The summed E-state index contributed by atoms with van der Waals surface area (Å²) in [5, 5.41) is 0. The summed E-state index contributed by atoms with van der Waals surface area (Å²) in [6.45, 7) is 9.81. The van der Waals surface area contributed by atoms with Gasteiger partial charge in [-0.25, -0.2) is 0 Å². The predicted octanol–water partition coefficient (Wildman–Crippen LogP) is -2.04. The highest BCUT2D eigenvalue weighted by Gasteiger charge is 2.37. The van der Waals surface area contributed by atoms with Crippen LogP contribution in [0, 0.1) is 0 Å². The highest BCUT2D eigenvalue weighted by atomic mass is 127. The van der Waals surface area contributed by atoms with Gasteiger partial charge in [-0.15, -0.1) is 0 Å². The van der Waals surface area contributed by atoms with Crippen molar-refractivity contribution in [2.75, 3.05) is 50.2 Å². The maximum absolute atomic E-state index is 2.62. The van der Waals surface area contributed by atoms with Crippen LogP contribution in [-0.4, -0.2) is 59.6 Å². The summed E-state index contributed by atoms with van der Waals surface area (Å²) in [5.74, 6) is 0. The molecule has 0 radical (unpaired) electrons. The van der Waals surface area contributed by atoms with Gasteiger partial charge in [-0.3, -0.25) is 4.90 Å². The predicted molar refractivity (Wildman–Crippen MR) is 59.7 cm³/mol. The van der Waals surface area contributed by atoms with Crippen LogP contribution < -0.4 is 24.0 Å². The average molecular weight is 408 g/mol. The second-order valence-corrected chi connectivity index (χ2v) is 5.20. The van der Waals surface area contributed by atoms with Crippen LogP contribution in [0.3, 0.4) is 0 Å². The Morgan fingerprint density at radius 1 is 1.08 bits per heavy atom. The molecule has 0 atom stereocenters. The number of hydrogen-bond acceptors (Lipinski definition) is 1. The van der Waals surface area contributed by atoms with Gasteiger partial charge >= 0.3 is 0 Å². The van der Waals surface area contributed by atoms with Crippen molar-refractivity contribution in [2.24, 2.45) is 0 Å². The number of alkyl halides is 1. The molecule has 3 saturated heterocycles. The monoisotopic (exact) mass is 408 g/mol. The first-order valence-electron chi connectivity index (χ1n) is 4.98. The zero-order valence-electron chi connectivity index (χ0n) is 8.01. The maximum Gasteiger partial charge on any atom is 0.0916 e. The smallest absolute Gasteiger partial charge is 0.0916 e. The zero-order chi connectivity index (χ0) is 8.44. The summed E-state index contributed by atoms with van der Waals surface area (Å²) >= 11 is 2.50. The van der Waals surface area contributed by atoms with E-state index in [1.165, 1.54) is 61.1 Å². The molecular weight excluding hydrogens is 390 g/mol. The molecule has 3 aliphatic rings. The van der Waals surface area contributed by atoms with Crippen LogP contribution in [0.4, 0.5) is 0 Å². The SMILES string of the molecule is ICCC[N+]12CCN(CC1)CC2.[I-]. The zero-order valence-corrected chi connectivity index (χ0v) is 12.3. The van der Waals surface area contributed by atoms with Crippen molar-refractivity contribution in [3.63, 3.8) is 0 Å². The molecule has 13 heavy (non-hydrogen) atoms. The topological polar surface area (TPSA) is 3.24 Å².